The number of piperidine rings is 1. The minimum atomic E-state index is 0.666. The van der Waals surface area contributed by atoms with Crippen LogP contribution >= 0.6 is 15.9 Å². The first-order valence-electron chi connectivity index (χ1n) is 7.52. The van der Waals surface area contributed by atoms with E-state index >= 15 is 0 Å². The van der Waals surface area contributed by atoms with Crippen molar-refractivity contribution in [2.75, 3.05) is 38.6 Å². The Morgan fingerprint density at radius 3 is 2.90 bits per heavy atom. The van der Waals surface area contributed by atoms with Gasteiger partial charge in [-0.15, -0.1) is 0 Å². The first-order valence-corrected chi connectivity index (χ1v) is 8.31. The van der Waals surface area contributed by atoms with Gasteiger partial charge in [0, 0.05) is 35.8 Å². The van der Waals surface area contributed by atoms with Gasteiger partial charge >= 0.3 is 0 Å². The van der Waals surface area contributed by atoms with Crippen molar-refractivity contribution in [3.8, 4) is 0 Å². The average molecular weight is 340 g/mol. The lowest BCUT2D eigenvalue weighted by molar-refractivity contribution is 0.258. The van der Waals surface area contributed by atoms with E-state index in [1.165, 1.54) is 30.6 Å². The average Bonchev–Trinajstić information content (AvgIpc) is 2.45. The summed E-state index contributed by atoms with van der Waals surface area (Å²) in [6, 6.07) is 7.33. The van der Waals surface area contributed by atoms with Crippen LogP contribution in [0.5, 0.6) is 0 Å². The zero-order valence-corrected chi connectivity index (χ0v) is 14.4. The molecule has 1 aromatic rings. The van der Waals surface area contributed by atoms with E-state index in [1.807, 2.05) is 0 Å². The van der Waals surface area contributed by atoms with Gasteiger partial charge in [-0.1, -0.05) is 22.9 Å². The van der Waals surface area contributed by atoms with Crippen molar-refractivity contribution in [2.45, 2.75) is 32.4 Å². The summed E-state index contributed by atoms with van der Waals surface area (Å²) in [4.78, 5) is 4.91. The Morgan fingerprint density at radius 1 is 1.40 bits per heavy atom. The van der Waals surface area contributed by atoms with Gasteiger partial charge in [0.05, 0.1) is 0 Å². The van der Waals surface area contributed by atoms with Gasteiger partial charge in [-0.25, -0.2) is 0 Å². The molecule has 3 nitrogen and oxygen atoms in total. The second-order valence-electron chi connectivity index (χ2n) is 5.76. The Labute approximate surface area is 131 Å². The normalized spacial score (nSPS) is 19.6. The second kappa shape index (κ2) is 7.43. The number of hydrogen-bond acceptors (Lipinski definition) is 3. The van der Waals surface area contributed by atoms with Crippen LogP contribution in [0.15, 0.2) is 22.7 Å². The van der Waals surface area contributed by atoms with Gasteiger partial charge in [-0.3, -0.25) is 0 Å². The Morgan fingerprint density at radius 2 is 2.20 bits per heavy atom. The number of benzene rings is 1. The van der Waals surface area contributed by atoms with Crippen LogP contribution in [0.25, 0.3) is 0 Å². The quantitative estimate of drug-likeness (QED) is 0.889. The fourth-order valence-corrected chi connectivity index (χ4v) is 3.27. The molecule has 0 saturated carbocycles. The maximum atomic E-state index is 3.59. The third-order valence-electron chi connectivity index (χ3n) is 4.07. The van der Waals surface area contributed by atoms with Crippen LogP contribution in [-0.2, 0) is 6.54 Å². The molecule has 2 rings (SSSR count). The molecule has 4 heteroatoms. The fraction of sp³-hybridized carbons (Fsp3) is 0.625. The molecule has 0 spiro atoms. The smallest absolute Gasteiger partial charge is 0.0413 e. The Hall–Kier alpha value is -0.580. The first-order chi connectivity index (χ1) is 9.61. The molecule has 1 heterocycles. The van der Waals surface area contributed by atoms with Gasteiger partial charge < -0.3 is 15.1 Å². The van der Waals surface area contributed by atoms with Gasteiger partial charge in [0.25, 0.3) is 0 Å². The zero-order chi connectivity index (χ0) is 14.5. The second-order valence-corrected chi connectivity index (χ2v) is 6.67. The van der Waals surface area contributed by atoms with E-state index in [-0.39, 0.29) is 0 Å². The predicted octanol–water partition coefficient (Wildman–Crippen LogP) is 3.09. The largest absolute Gasteiger partial charge is 0.370 e. The van der Waals surface area contributed by atoms with Gasteiger partial charge in [0.1, 0.15) is 0 Å². The number of anilines is 1. The summed E-state index contributed by atoms with van der Waals surface area (Å²) < 4.78 is 1.16. The number of nitrogens with zero attached hydrogens (tertiary/aromatic N) is 2. The monoisotopic (exact) mass is 339 g/mol. The molecule has 1 aromatic carbocycles. The third-order valence-corrected chi connectivity index (χ3v) is 4.57. The molecule has 0 bridgehead atoms. The molecule has 1 fully saturated rings. The van der Waals surface area contributed by atoms with Crippen LogP contribution in [-0.4, -0.2) is 44.7 Å². The lowest BCUT2D eigenvalue weighted by atomic mass is 10.0. The molecule has 1 atom stereocenters. The Kier molecular flexibility index (Phi) is 5.87. The van der Waals surface area contributed by atoms with Crippen molar-refractivity contribution in [1.82, 2.24) is 10.2 Å². The minimum absolute atomic E-state index is 0.666. The topological polar surface area (TPSA) is 18.5 Å². The van der Waals surface area contributed by atoms with E-state index < -0.39 is 0 Å². The summed E-state index contributed by atoms with van der Waals surface area (Å²) in [6.45, 7) is 6.40. The van der Waals surface area contributed by atoms with E-state index in [9.17, 15) is 0 Å². The fourth-order valence-electron chi connectivity index (χ4n) is 2.86. The Bertz CT molecular complexity index is 434. The molecule has 1 aliphatic rings. The van der Waals surface area contributed by atoms with Gasteiger partial charge in [0.15, 0.2) is 0 Å². The van der Waals surface area contributed by atoms with Crippen molar-refractivity contribution in [2.24, 2.45) is 0 Å². The van der Waals surface area contributed by atoms with Crippen LogP contribution < -0.4 is 10.2 Å². The molecule has 0 aromatic heterocycles. The number of nitrogens with one attached hydrogen (secondary N) is 1. The molecular weight excluding hydrogens is 314 g/mol. The molecular formula is C16H26BrN3. The highest BCUT2D eigenvalue weighted by atomic mass is 79.9. The SMILES string of the molecule is CCNCc1cc(Br)ccc1N1CCCC(N(C)C)C1. The molecule has 1 aliphatic heterocycles. The number of hydrogen-bond donors (Lipinski definition) is 1. The molecule has 20 heavy (non-hydrogen) atoms. The lowest BCUT2D eigenvalue weighted by Crippen LogP contribution is -2.45. The standard InChI is InChI=1S/C16H26BrN3/c1-4-18-11-13-10-14(17)7-8-16(13)20-9-5-6-15(12-20)19(2)3/h7-8,10,15,18H,4-6,9,11-12H2,1-3H3. The summed E-state index contributed by atoms with van der Waals surface area (Å²) in [7, 11) is 4.38. The number of halogens is 1. The van der Waals surface area contributed by atoms with Crippen LogP contribution in [0.2, 0.25) is 0 Å². The van der Waals surface area contributed by atoms with Gasteiger partial charge in [-0.05, 0) is 57.2 Å². The van der Waals surface area contributed by atoms with Crippen molar-refractivity contribution in [1.29, 1.82) is 0 Å². The van der Waals surface area contributed by atoms with Crippen molar-refractivity contribution >= 4 is 21.6 Å². The molecule has 0 amide bonds. The zero-order valence-electron chi connectivity index (χ0n) is 12.8. The third kappa shape index (κ3) is 3.96. The highest BCUT2D eigenvalue weighted by molar-refractivity contribution is 9.10. The molecule has 0 aliphatic carbocycles. The summed E-state index contributed by atoms with van der Waals surface area (Å²) in [5.41, 5.74) is 2.78. The van der Waals surface area contributed by atoms with Crippen molar-refractivity contribution in [3.05, 3.63) is 28.2 Å². The van der Waals surface area contributed by atoms with E-state index in [1.54, 1.807) is 0 Å². The van der Waals surface area contributed by atoms with Crippen molar-refractivity contribution < 1.29 is 0 Å². The van der Waals surface area contributed by atoms with E-state index in [0.29, 0.717) is 6.04 Å². The number of rotatable bonds is 5. The maximum Gasteiger partial charge on any atom is 0.0413 e. The predicted molar refractivity (Wildman–Crippen MR) is 90.4 cm³/mol. The highest BCUT2D eigenvalue weighted by Crippen LogP contribution is 2.28. The van der Waals surface area contributed by atoms with Crippen LogP contribution in [0.1, 0.15) is 25.3 Å². The summed E-state index contributed by atoms with van der Waals surface area (Å²) >= 11 is 3.59. The molecule has 0 radical (unpaired) electrons. The van der Waals surface area contributed by atoms with Crippen molar-refractivity contribution in [3.63, 3.8) is 0 Å². The molecule has 1 N–H and O–H groups in total. The maximum absolute atomic E-state index is 3.59. The van der Waals surface area contributed by atoms with Crippen LogP contribution in [0.4, 0.5) is 5.69 Å². The molecule has 1 unspecified atom stereocenters. The number of likely N-dealkylation sites (N-methyl/N-ethyl adjacent to an activating group) is 1. The summed E-state index contributed by atoms with van der Waals surface area (Å²) in [6.07, 6.45) is 2.59. The minimum Gasteiger partial charge on any atom is -0.370 e. The molecule has 112 valence electrons. The van der Waals surface area contributed by atoms with Gasteiger partial charge in [0.2, 0.25) is 0 Å². The van der Waals surface area contributed by atoms with E-state index in [0.717, 1.165) is 24.1 Å². The highest BCUT2D eigenvalue weighted by Gasteiger charge is 2.22. The first kappa shape index (κ1) is 15.8. The lowest BCUT2D eigenvalue weighted by Gasteiger charge is -2.38. The Balaban J connectivity index is 2.17. The van der Waals surface area contributed by atoms with E-state index in [4.69, 9.17) is 0 Å². The van der Waals surface area contributed by atoms with Gasteiger partial charge in [-0.2, -0.15) is 0 Å². The van der Waals surface area contributed by atoms with E-state index in [2.05, 4.69) is 70.3 Å². The van der Waals surface area contributed by atoms with Crippen LogP contribution in [0, 0.1) is 0 Å². The summed E-state index contributed by atoms with van der Waals surface area (Å²) in [5, 5.41) is 3.45. The van der Waals surface area contributed by atoms with Crippen LogP contribution in [0.3, 0.4) is 0 Å². The summed E-state index contributed by atoms with van der Waals surface area (Å²) in [5.74, 6) is 0. The molecule has 1 saturated heterocycles.